The van der Waals surface area contributed by atoms with Gasteiger partial charge in [-0.05, 0) is 70.6 Å². The maximum atomic E-state index is 12.8. The molecular weight excluding hydrogens is 793 g/mol. The van der Waals surface area contributed by atoms with E-state index in [1.165, 1.54) is 109 Å². The smallest absolute Gasteiger partial charge is 0.306 e. The zero-order valence-corrected chi connectivity index (χ0v) is 42.0. The van der Waals surface area contributed by atoms with Gasteiger partial charge in [-0.15, -0.1) is 0 Å². The molecule has 368 valence electrons. The van der Waals surface area contributed by atoms with Gasteiger partial charge >= 0.3 is 17.9 Å². The number of ether oxygens (including phenoxy) is 3. The van der Waals surface area contributed by atoms with Gasteiger partial charge in [0.15, 0.2) is 6.10 Å². The van der Waals surface area contributed by atoms with E-state index >= 15 is 0 Å². The summed E-state index contributed by atoms with van der Waals surface area (Å²) >= 11 is 0. The second-order valence-electron chi connectivity index (χ2n) is 17.8. The third kappa shape index (κ3) is 49.9. The van der Waals surface area contributed by atoms with Crippen molar-refractivity contribution < 1.29 is 28.6 Å². The molecule has 0 aliphatic heterocycles. The first kappa shape index (κ1) is 60.9. The minimum absolute atomic E-state index is 0.0820. The predicted octanol–water partition coefficient (Wildman–Crippen LogP) is 17.8. The van der Waals surface area contributed by atoms with Gasteiger partial charge < -0.3 is 14.2 Å². The van der Waals surface area contributed by atoms with Crippen LogP contribution >= 0.6 is 0 Å². The molecule has 0 aromatic carbocycles. The van der Waals surface area contributed by atoms with Gasteiger partial charge in [-0.3, -0.25) is 14.4 Å². The van der Waals surface area contributed by atoms with E-state index in [1.54, 1.807) is 0 Å². The van der Waals surface area contributed by atoms with Crippen LogP contribution in [0.1, 0.15) is 258 Å². The highest BCUT2D eigenvalue weighted by Crippen LogP contribution is 2.16. The number of rotatable bonds is 48. The second-order valence-corrected chi connectivity index (χ2v) is 17.8. The molecule has 0 heterocycles. The Balaban J connectivity index is 4.23. The van der Waals surface area contributed by atoms with Crippen LogP contribution in [-0.4, -0.2) is 37.2 Å². The lowest BCUT2D eigenvalue weighted by atomic mass is 10.0. The Morgan fingerprint density at radius 3 is 0.953 bits per heavy atom. The minimum atomic E-state index is -0.780. The Kier molecular flexibility index (Phi) is 49.9. The average Bonchev–Trinajstić information content (AvgIpc) is 3.29. The van der Waals surface area contributed by atoms with Gasteiger partial charge in [0, 0.05) is 19.3 Å². The highest BCUT2D eigenvalue weighted by Gasteiger charge is 2.19. The van der Waals surface area contributed by atoms with E-state index in [0.717, 1.165) is 109 Å². The summed E-state index contributed by atoms with van der Waals surface area (Å²) < 4.78 is 16.7. The molecule has 0 aromatic heterocycles. The number of esters is 3. The summed E-state index contributed by atoms with van der Waals surface area (Å²) in [6, 6.07) is 0. The Morgan fingerprint density at radius 1 is 0.328 bits per heavy atom. The number of hydrogen-bond donors (Lipinski definition) is 0. The molecule has 0 bridgehead atoms. The van der Waals surface area contributed by atoms with Gasteiger partial charge in [-0.2, -0.15) is 0 Å². The number of allylic oxidation sites excluding steroid dienone is 12. The molecule has 0 aliphatic rings. The van der Waals surface area contributed by atoms with Crippen molar-refractivity contribution in [1.82, 2.24) is 0 Å². The lowest BCUT2D eigenvalue weighted by molar-refractivity contribution is -0.167. The Bertz CT molecular complexity index is 1210. The van der Waals surface area contributed by atoms with Crippen LogP contribution in [0.5, 0.6) is 0 Å². The first-order chi connectivity index (χ1) is 31.5. The van der Waals surface area contributed by atoms with Crippen molar-refractivity contribution in [2.24, 2.45) is 0 Å². The van der Waals surface area contributed by atoms with Crippen LogP contribution in [0.2, 0.25) is 0 Å². The summed E-state index contributed by atoms with van der Waals surface area (Å²) in [6.45, 7) is 6.46. The van der Waals surface area contributed by atoms with Gasteiger partial charge in [-0.1, -0.05) is 241 Å². The van der Waals surface area contributed by atoms with E-state index in [-0.39, 0.29) is 31.1 Å². The van der Waals surface area contributed by atoms with E-state index in [1.807, 2.05) is 0 Å². The first-order valence-corrected chi connectivity index (χ1v) is 26.9. The summed E-state index contributed by atoms with van der Waals surface area (Å²) in [6.07, 6.45) is 66.3. The van der Waals surface area contributed by atoms with Crippen LogP contribution in [0, 0.1) is 0 Å². The molecule has 0 saturated heterocycles. The average molecular weight is 893 g/mol. The third-order valence-corrected chi connectivity index (χ3v) is 11.5. The molecule has 0 aromatic rings. The van der Waals surface area contributed by atoms with Crippen molar-refractivity contribution in [2.45, 2.75) is 264 Å². The van der Waals surface area contributed by atoms with Crippen molar-refractivity contribution in [3.63, 3.8) is 0 Å². The van der Waals surface area contributed by atoms with Gasteiger partial charge in [0.25, 0.3) is 0 Å². The highest BCUT2D eigenvalue weighted by molar-refractivity contribution is 5.71. The molecule has 64 heavy (non-hydrogen) atoms. The predicted molar refractivity (Wildman–Crippen MR) is 274 cm³/mol. The molecule has 0 amide bonds. The van der Waals surface area contributed by atoms with Crippen LogP contribution < -0.4 is 0 Å². The molecule has 0 radical (unpaired) electrons. The van der Waals surface area contributed by atoms with Crippen LogP contribution in [-0.2, 0) is 28.6 Å². The molecule has 1 atom stereocenters. The Hall–Kier alpha value is -3.15. The quantitative estimate of drug-likeness (QED) is 0.0262. The standard InChI is InChI=1S/C58H100O6/c1-4-7-10-13-16-18-20-22-24-26-27-28-29-30-31-33-34-36-38-40-42-45-48-51-57(60)63-54-55(53-62-56(59)50-47-44-15-12-9-6-3)64-58(61)52-49-46-43-41-39-37-35-32-25-23-21-19-17-14-11-8-5-2/h7,10,16,18,22,24,27-28,30-31,34,36,55H,4-6,8-9,11-15,17,19-21,23,25-26,29,32-33,35,37-54H2,1-3H3/b10-7-,18-16-,24-22-,28-27-,31-30-,36-34-. The highest BCUT2D eigenvalue weighted by atomic mass is 16.6. The fraction of sp³-hybridized carbons (Fsp3) is 0.741. The fourth-order valence-electron chi connectivity index (χ4n) is 7.45. The van der Waals surface area contributed by atoms with Gasteiger partial charge in [0.05, 0.1) is 0 Å². The topological polar surface area (TPSA) is 78.9 Å². The summed E-state index contributed by atoms with van der Waals surface area (Å²) in [5.41, 5.74) is 0. The van der Waals surface area contributed by atoms with E-state index in [2.05, 4.69) is 93.7 Å². The van der Waals surface area contributed by atoms with Gasteiger partial charge in [0.2, 0.25) is 0 Å². The molecular formula is C58H100O6. The Morgan fingerprint density at radius 2 is 0.609 bits per heavy atom. The van der Waals surface area contributed by atoms with Crippen LogP contribution in [0.25, 0.3) is 0 Å². The molecule has 0 saturated carbocycles. The molecule has 0 aliphatic carbocycles. The van der Waals surface area contributed by atoms with Crippen molar-refractivity contribution in [1.29, 1.82) is 0 Å². The largest absolute Gasteiger partial charge is 0.462 e. The summed E-state index contributed by atoms with van der Waals surface area (Å²) in [7, 11) is 0. The molecule has 0 rings (SSSR count). The first-order valence-electron chi connectivity index (χ1n) is 26.9. The second kappa shape index (κ2) is 52.5. The van der Waals surface area contributed by atoms with E-state index in [9.17, 15) is 14.4 Å². The van der Waals surface area contributed by atoms with E-state index < -0.39 is 6.10 Å². The summed E-state index contributed by atoms with van der Waals surface area (Å²) in [5.74, 6) is -0.912. The van der Waals surface area contributed by atoms with Crippen LogP contribution in [0.15, 0.2) is 72.9 Å². The number of carbonyl (C=O) groups is 3. The lowest BCUT2D eigenvalue weighted by Crippen LogP contribution is -2.30. The normalized spacial score (nSPS) is 12.6. The van der Waals surface area contributed by atoms with Crippen molar-refractivity contribution in [3.8, 4) is 0 Å². The number of unbranched alkanes of at least 4 members (excludes halogenated alkanes) is 25. The van der Waals surface area contributed by atoms with Crippen LogP contribution in [0.3, 0.4) is 0 Å². The summed E-state index contributed by atoms with van der Waals surface area (Å²) in [4.78, 5) is 37.8. The monoisotopic (exact) mass is 893 g/mol. The number of hydrogen-bond acceptors (Lipinski definition) is 6. The minimum Gasteiger partial charge on any atom is -0.462 e. The van der Waals surface area contributed by atoms with Gasteiger partial charge in [0.1, 0.15) is 13.2 Å². The molecule has 1 unspecified atom stereocenters. The molecule has 0 fully saturated rings. The SMILES string of the molecule is CC/C=C\C/C=C\C/C=C\C/C=C\C/C=C\C/C=C\CCCCCCC(=O)OCC(COC(=O)CCCCCCCC)OC(=O)CCCCCCCCCCCCCCCCCCC. The van der Waals surface area contributed by atoms with E-state index in [4.69, 9.17) is 14.2 Å². The fourth-order valence-corrected chi connectivity index (χ4v) is 7.45. The zero-order chi connectivity index (χ0) is 46.5. The molecule has 0 N–H and O–H groups in total. The number of carbonyl (C=O) groups excluding carboxylic acids is 3. The maximum absolute atomic E-state index is 12.8. The van der Waals surface area contributed by atoms with Crippen LogP contribution in [0.4, 0.5) is 0 Å². The van der Waals surface area contributed by atoms with Crippen molar-refractivity contribution in [3.05, 3.63) is 72.9 Å². The maximum Gasteiger partial charge on any atom is 0.306 e. The van der Waals surface area contributed by atoms with E-state index in [0.29, 0.717) is 19.3 Å². The van der Waals surface area contributed by atoms with Crippen molar-refractivity contribution in [2.75, 3.05) is 13.2 Å². The lowest BCUT2D eigenvalue weighted by Gasteiger charge is -2.18. The van der Waals surface area contributed by atoms with Gasteiger partial charge in [-0.25, -0.2) is 0 Å². The Labute approximate surface area is 395 Å². The third-order valence-electron chi connectivity index (χ3n) is 11.5. The molecule has 6 nitrogen and oxygen atoms in total. The molecule has 0 spiro atoms. The zero-order valence-electron chi connectivity index (χ0n) is 42.0. The summed E-state index contributed by atoms with van der Waals surface area (Å²) in [5, 5.41) is 0. The molecule has 6 heteroatoms. The van der Waals surface area contributed by atoms with Crippen molar-refractivity contribution >= 4 is 17.9 Å².